The van der Waals surface area contributed by atoms with Gasteiger partial charge in [-0.2, -0.15) is 13.2 Å². The third kappa shape index (κ3) is 5.30. The third-order valence-electron chi connectivity index (χ3n) is 7.54. The van der Waals surface area contributed by atoms with Gasteiger partial charge < -0.3 is 20.3 Å². The number of fused-ring (bicyclic) bond motifs is 2. The van der Waals surface area contributed by atoms with E-state index in [4.69, 9.17) is 4.74 Å². The lowest BCUT2D eigenvalue weighted by atomic mass is 9.94. The zero-order valence-corrected chi connectivity index (χ0v) is 21.7. The predicted octanol–water partition coefficient (Wildman–Crippen LogP) is 4.21. The average Bonchev–Trinajstić information content (AvgIpc) is 3.64. The van der Waals surface area contributed by atoms with E-state index in [1.165, 1.54) is 25.2 Å². The van der Waals surface area contributed by atoms with E-state index in [9.17, 15) is 41.1 Å². The van der Waals surface area contributed by atoms with Crippen molar-refractivity contribution in [3.63, 3.8) is 0 Å². The maximum absolute atomic E-state index is 14.8. The molecule has 2 N–H and O–H groups in total. The maximum atomic E-state index is 14.8. The first-order chi connectivity index (χ1) is 19.3. The first kappa shape index (κ1) is 28.3. The van der Waals surface area contributed by atoms with Crippen LogP contribution in [0.4, 0.5) is 37.2 Å². The molecule has 5 rings (SSSR count). The summed E-state index contributed by atoms with van der Waals surface area (Å²) in [5.41, 5.74) is -1.46. The number of benzene rings is 2. The Hall–Kier alpha value is -4.23. The molecule has 0 radical (unpaired) electrons. The third-order valence-corrected chi connectivity index (χ3v) is 7.54. The number of anilines is 1. The molecule has 0 bridgehead atoms. The van der Waals surface area contributed by atoms with E-state index in [1.54, 1.807) is 0 Å². The van der Waals surface area contributed by atoms with Gasteiger partial charge in [0.25, 0.3) is 5.91 Å². The van der Waals surface area contributed by atoms with Crippen LogP contribution in [0.25, 0.3) is 0 Å². The Morgan fingerprint density at radius 1 is 1.15 bits per heavy atom. The van der Waals surface area contributed by atoms with Gasteiger partial charge in [-0.3, -0.25) is 9.59 Å². The molecule has 2 fully saturated rings. The first-order valence-corrected chi connectivity index (χ1v) is 12.8. The molecule has 1 saturated carbocycles. The highest BCUT2D eigenvalue weighted by Crippen LogP contribution is 2.47. The fourth-order valence-corrected chi connectivity index (χ4v) is 5.40. The molecule has 3 aliphatic rings. The largest absolute Gasteiger partial charge is 0.427 e. The van der Waals surface area contributed by atoms with Gasteiger partial charge in [0, 0.05) is 25.6 Å². The van der Waals surface area contributed by atoms with Crippen molar-refractivity contribution >= 4 is 29.6 Å². The van der Waals surface area contributed by atoms with Gasteiger partial charge in [0.2, 0.25) is 11.5 Å². The van der Waals surface area contributed by atoms with Crippen LogP contribution < -0.4 is 10.6 Å². The minimum Gasteiger partial charge on any atom is -0.427 e. The quantitative estimate of drug-likeness (QED) is 0.478. The van der Waals surface area contributed by atoms with Gasteiger partial charge in [-0.05, 0) is 60.6 Å². The lowest BCUT2D eigenvalue weighted by molar-refractivity contribution is -0.196. The molecule has 14 heteroatoms. The van der Waals surface area contributed by atoms with Crippen LogP contribution in [0.5, 0.6) is 0 Å². The number of amides is 5. The van der Waals surface area contributed by atoms with Crippen molar-refractivity contribution in [2.24, 2.45) is 5.92 Å². The molecule has 41 heavy (non-hydrogen) atoms. The van der Waals surface area contributed by atoms with Crippen LogP contribution in [0.1, 0.15) is 36.0 Å². The van der Waals surface area contributed by atoms with E-state index in [1.807, 2.05) is 0 Å². The van der Waals surface area contributed by atoms with Crippen LogP contribution >= 0.6 is 0 Å². The molecule has 5 amide bonds. The van der Waals surface area contributed by atoms with Crippen molar-refractivity contribution < 1.29 is 45.9 Å². The van der Waals surface area contributed by atoms with Crippen molar-refractivity contribution in [1.82, 2.24) is 15.1 Å². The highest BCUT2D eigenvalue weighted by atomic mass is 19.4. The number of nitrogens with one attached hydrogen (secondary N) is 2. The summed E-state index contributed by atoms with van der Waals surface area (Å²) in [6, 6.07) is 4.00. The second-order valence-corrected chi connectivity index (χ2v) is 10.3. The fraction of sp³-hybridized carbons (Fsp3) is 0.407. The molecule has 1 unspecified atom stereocenters. The zero-order chi connectivity index (χ0) is 29.7. The molecule has 1 heterocycles. The van der Waals surface area contributed by atoms with Crippen LogP contribution in [0.3, 0.4) is 0 Å². The predicted molar refractivity (Wildman–Crippen MR) is 132 cm³/mol. The topological polar surface area (TPSA) is 108 Å². The molecular weight excluding hydrogens is 555 g/mol. The molecule has 2 aliphatic carbocycles. The molecule has 2 atom stereocenters. The number of alkyl halides is 3. The van der Waals surface area contributed by atoms with Crippen LogP contribution in [-0.2, 0) is 32.9 Å². The summed E-state index contributed by atoms with van der Waals surface area (Å²) in [6.07, 6.45) is -5.49. The molecule has 2 aromatic carbocycles. The number of carbonyl (C=O) groups is 4. The van der Waals surface area contributed by atoms with Crippen molar-refractivity contribution in [3.05, 3.63) is 64.7 Å². The summed E-state index contributed by atoms with van der Waals surface area (Å²) in [5.74, 6) is -4.52. The number of halogens is 5. The number of hydrogen-bond donors (Lipinski definition) is 2. The smallest absolute Gasteiger partial charge is 0.418 e. The number of hydrogen-bond acceptors (Lipinski definition) is 5. The molecule has 0 aromatic heterocycles. The molecule has 1 aliphatic heterocycles. The van der Waals surface area contributed by atoms with E-state index >= 15 is 0 Å². The summed E-state index contributed by atoms with van der Waals surface area (Å²) in [7, 11) is 1.34. The Morgan fingerprint density at radius 2 is 1.83 bits per heavy atom. The Labute approximate surface area is 230 Å². The minimum absolute atomic E-state index is 0.0278. The van der Waals surface area contributed by atoms with E-state index < -0.39 is 72.4 Å². The van der Waals surface area contributed by atoms with Gasteiger partial charge in [0.05, 0.1) is 5.69 Å². The van der Waals surface area contributed by atoms with Gasteiger partial charge in [0.1, 0.15) is 24.2 Å². The lowest BCUT2D eigenvalue weighted by Crippen LogP contribution is -2.53. The number of carbonyl (C=O) groups excluding carboxylic acids is 4. The second-order valence-electron chi connectivity index (χ2n) is 10.3. The number of ether oxygens (including phenoxy) is 1. The highest BCUT2D eigenvalue weighted by molar-refractivity contribution is 6.06. The van der Waals surface area contributed by atoms with E-state index in [-0.39, 0.29) is 42.5 Å². The van der Waals surface area contributed by atoms with Gasteiger partial charge in [-0.15, -0.1) is 0 Å². The lowest BCUT2D eigenvalue weighted by Gasteiger charge is -2.34. The molecule has 1 spiro atoms. The van der Waals surface area contributed by atoms with Gasteiger partial charge in [-0.25, -0.2) is 23.3 Å². The fourth-order valence-electron chi connectivity index (χ4n) is 5.40. The Morgan fingerprint density at radius 3 is 2.44 bits per heavy atom. The number of rotatable bonds is 7. The standard InChI is InChI=1S/C27H25F5N4O5/c1-33-24(39)34-20-10-16-8-9-26(18(16)11-19(20)29)23(38)36(25(40)41-26)13-21(37)35(12-14-2-6-17(28)7-3-14)22(15-4-5-15)27(30,31)32/h2-3,6-7,10-11,15,22H,4-5,8-9,12-13H2,1H3,(H2,33,34,39)/t22-,26?/m0/s1. The summed E-state index contributed by atoms with van der Waals surface area (Å²) >= 11 is 0. The SMILES string of the molecule is CNC(=O)Nc1cc2c(cc1F)C1(CC2)OC(=O)N(CC(=O)N(Cc2ccc(F)cc2)[C@@H](C2CC2)C(F)(F)F)C1=O. The number of aryl methyl sites for hydroxylation is 1. The monoisotopic (exact) mass is 580 g/mol. The summed E-state index contributed by atoms with van der Waals surface area (Å²) < 4.78 is 76.0. The number of imide groups is 1. The normalized spacial score (nSPS) is 20.6. The van der Waals surface area contributed by atoms with E-state index in [0.717, 1.165) is 18.2 Å². The average molecular weight is 581 g/mol. The molecular formula is C27H25F5N4O5. The molecule has 2 aromatic rings. The van der Waals surface area contributed by atoms with E-state index in [0.29, 0.717) is 15.4 Å². The summed E-state index contributed by atoms with van der Waals surface area (Å²) in [5, 5.41) is 4.58. The Bertz CT molecular complexity index is 1410. The van der Waals surface area contributed by atoms with Crippen molar-refractivity contribution in [2.45, 2.75) is 50.0 Å². The van der Waals surface area contributed by atoms with Crippen LogP contribution in [0.15, 0.2) is 36.4 Å². The Balaban J connectivity index is 1.41. The van der Waals surface area contributed by atoms with Gasteiger partial charge in [0.15, 0.2) is 0 Å². The molecule has 218 valence electrons. The van der Waals surface area contributed by atoms with Crippen LogP contribution in [0, 0.1) is 17.6 Å². The second kappa shape index (κ2) is 10.3. The molecule has 1 saturated heterocycles. The van der Waals surface area contributed by atoms with Crippen LogP contribution in [-0.4, -0.2) is 59.5 Å². The van der Waals surface area contributed by atoms with Gasteiger partial charge >= 0.3 is 18.3 Å². The maximum Gasteiger partial charge on any atom is 0.418 e. The molecule has 9 nitrogen and oxygen atoms in total. The number of urea groups is 1. The van der Waals surface area contributed by atoms with Crippen molar-refractivity contribution in [3.8, 4) is 0 Å². The zero-order valence-electron chi connectivity index (χ0n) is 21.7. The minimum atomic E-state index is -4.80. The van der Waals surface area contributed by atoms with Gasteiger partial charge in [-0.1, -0.05) is 12.1 Å². The van der Waals surface area contributed by atoms with Crippen LogP contribution in [0.2, 0.25) is 0 Å². The highest BCUT2D eigenvalue weighted by Gasteiger charge is 2.59. The summed E-state index contributed by atoms with van der Waals surface area (Å²) in [6.45, 7) is -1.56. The van der Waals surface area contributed by atoms with E-state index in [2.05, 4.69) is 10.6 Å². The summed E-state index contributed by atoms with van der Waals surface area (Å²) in [4.78, 5) is 52.4. The van der Waals surface area contributed by atoms with Crippen molar-refractivity contribution in [1.29, 1.82) is 0 Å². The first-order valence-electron chi connectivity index (χ1n) is 12.8. The van der Waals surface area contributed by atoms with Crippen molar-refractivity contribution in [2.75, 3.05) is 18.9 Å². The number of nitrogens with zero attached hydrogens (tertiary/aromatic N) is 2. The Kier molecular flexibility index (Phi) is 7.12.